The van der Waals surface area contributed by atoms with E-state index in [4.69, 9.17) is 5.11 Å². The highest BCUT2D eigenvalue weighted by atomic mass is 16.4. The van der Waals surface area contributed by atoms with E-state index in [0.717, 1.165) is 19.3 Å². The number of allylic oxidation sites excluding steroid dienone is 4. The highest BCUT2D eigenvalue weighted by molar-refractivity contribution is 5.66. The molecule has 1 N–H and O–H groups in total. The first kappa shape index (κ1) is 21.9. The zero-order valence-electron chi connectivity index (χ0n) is 15.9. The van der Waals surface area contributed by atoms with Crippen LogP contribution >= 0.6 is 0 Å². The smallest absolute Gasteiger partial charge is 0.303 e. The van der Waals surface area contributed by atoms with Gasteiger partial charge in [0.15, 0.2) is 0 Å². The number of hydrogen-bond donors (Lipinski definition) is 1. The summed E-state index contributed by atoms with van der Waals surface area (Å²) in [5.74, 6) is -0.0178. The lowest BCUT2D eigenvalue weighted by molar-refractivity contribution is -0.137. The van der Waals surface area contributed by atoms with Crippen LogP contribution in [0.25, 0.3) is 0 Å². The van der Waals surface area contributed by atoms with Crippen molar-refractivity contribution in [3.63, 3.8) is 0 Å². The van der Waals surface area contributed by atoms with E-state index in [1.54, 1.807) is 0 Å². The molecule has 0 amide bonds. The molecule has 134 valence electrons. The summed E-state index contributed by atoms with van der Waals surface area (Å²) in [6.45, 7) is 9.04. The number of carboxylic acids is 1. The van der Waals surface area contributed by atoms with Gasteiger partial charge in [0, 0.05) is 6.42 Å². The predicted octanol–water partition coefficient (Wildman–Crippen LogP) is 6.91. The van der Waals surface area contributed by atoms with Crippen LogP contribution in [0.5, 0.6) is 0 Å². The summed E-state index contributed by atoms with van der Waals surface area (Å²) in [4.78, 5) is 10.4. The topological polar surface area (TPSA) is 37.3 Å². The maximum absolute atomic E-state index is 10.4. The molecule has 1 atom stereocenters. The summed E-state index contributed by atoms with van der Waals surface area (Å²) >= 11 is 0. The Labute approximate surface area is 144 Å². The van der Waals surface area contributed by atoms with Gasteiger partial charge < -0.3 is 5.11 Å². The van der Waals surface area contributed by atoms with Crippen molar-refractivity contribution in [2.75, 3.05) is 0 Å². The SMILES string of the molecule is CCCC/C=C(/C)C/C(C)=C/[C@H](C)CCCCCCCC(=O)O. The van der Waals surface area contributed by atoms with Gasteiger partial charge in [-0.15, -0.1) is 0 Å². The van der Waals surface area contributed by atoms with Crippen LogP contribution in [0.1, 0.15) is 98.3 Å². The van der Waals surface area contributed by atoms with Gasteiger partial charge in [0.1, 0.15) is 0 Å². The molecule has 0 aromatic heterocycles. The summed E-state index contributed by atoms with van der Waals surface area (Å²) in [7, 11) is 0. The van der Waals surface area contributed by atoms with Gasteiger partial charge in [-0.05, 0) is 45.4 Å². The molecule has 0 bridgehead atoms. The molecule has 0 aromatic carbocycles. The molecule has 0 rings (SSSR count). The Morgan fingerprint density at radius 3 is 2.30 bits per heavy atom. The first-order chi connectivity index (χ1) is 11.0. The van der Waals surface area contributed by atoms with Gasteiger partial charge in [-0.1, -0.05) is 75.7 Å². The first-order valence-corrected chi connectivity index (χ1v) is 9.50. The van der Waals surface area contributed by atoms with Crippen molar-refractivity contribution in [2.45, 2.75) is 98.3 Å². The molecule has 0 saturated heterocycles. The summed E-state index contributed by atoms with van der Waals surface area (Å²) < 4.78 is 0. The van der Waals surface area contributed by atoms with Crippen molar-refractivity contribution in [2.24, 2.45) is 5.92 Å². The Morgan fingerprint density at radius 1 is 1.00 bits per heavy atom. The number of aliphatic carboxylic acids is 1. The average molecular weight is 323 g/mol. The molecule has 0 saturated carbocycles. The minimum Gasteiger partial charge on any atom is -0.481 e. The Bertz CT molecular complexity index is 366. The number of unbranched alkanes of at least 4 members (excludes halogenated alkanes) is 6. The van der Waals surface area contributed by atoms with E-state index in [1.165, 1.54) is 56.1 Å². The van der Waals surface area contributed by atoms with E-state index in [1.807, 2.05) is 0 Å². The quantitative estimate of drug-likeness (QED) is 0.278. The average Bonchev–Trinajstić information content (AvgIpc) is 2.45. The van der Waals surface area contributed by atoms with Gasteiger partial charge in [0.25, 0.3) is 0 Å². The van der Waals surface area contributed by atoms with Gasteiger partial charge in [-0.25, -0.2) is 0 Å². The minimum absolute atomic E-state index is 0.323. The number of carboxylic acid groups (broad SMARTS) is 1. The van der Waals surface area contributed by atoms with Crippen LogP contribution in [0.15, 0.2) is 23.3 Å². The summed E-state index contributed by atoms with van der Waals surface area (Å²) in [5, 5.41) is 8.59. The molecule has 2 nitrogen and oxygen atoms in total. The van der Waals surface area contributed by atoms with Crippen LogP contribution in [-0.4, -0.2) is 11.1 Å². The van der Waals surface area contributed by atoms with E-state index >= 15 is 0 Å². The van der Waals surface area contributed by atoms with Crippen molar-refractivity contribution in [3.05, 3.63) is 23.3 Å². The highest BCUT2D eigenvalue weighted by Gasteiger charge is 2.01. The minimum atomic E-state index is -0.668. The summed E-state index contributed by atoms with van der Waals surface area (Å²) in [5.41, 5.74) is 2.99. The van der Waals surface area contributed by atoms with E-state index < -0.39 is 5.97 Å². The first-order valence-electron chi connectivity index (χ1n) is 9.50. The molecule has 0 aromatic rings. The Kier molecular flexibility index (Phi) is 13.9. The van der Waals surface area contributed by atoms with Gasteiger partial charge in [0.2, 0.25) is 0 Å². The maximum Gasteiger partial charge on any atom is 0.303 e. The number of hydrogen-bond acceptors (Lipinski definition) is 1. The van der Waals surface area contributed by atoms with Crippen molar-refractivity contribution in [3.8, 4) is 0 Å². The van der Waals surface area contributed by atoms with E-state index in [-0.39, 0.29) is 0 Å². The molecule has 0 radical (unpaired) electrons. The third-order valence-corrected chi connectivity index (χ3v) is 4.23. The summed E-state index contributed by atoms with van der Waals surface area (Å²) in [6.07, 6.45) is 16.8. The Balaban J connectivity index is 3.79. The Morgan fingerprint density at radius 2 is 1.65 bits per heavy atom. The zero-order valence-corrected chi connectivity index (χ0v) is 15.9. The third kappa shape index (κ3) is 15.6. The predicted molar refractivity (Wildman–Crippen MR) is 101 cm³/mol. The molecule has 0 heterocycles. The molecule has 0 fully saturated rings. The molecule has 0 spiro atoms. The number of rotatable bonds is 14. The lowest BCUT2D eigenvalue weighted by Crippen LogP contribution is -1.94. The van der Waals surface area contributed by atoms with Crippen molar-refractivity contribution >= 4 is 5.97 Å². The lowest BCUT2D eigenvalue weighted by atomic mass is 9.97. The number of carbonyl (C=O) groups is 1. The largest absolute Gasteiger partial charge is 0.481 e. The fraction of sp³-hybridized carbons (Fsp3) is 0.762. The van der Waals surface area contributed by atoms with Gasteiger partial charge in [-0.3, -0.25) is 4.79 Å². The van der Waals surface area contributed by atoms with E-state index in [9.17, 15) is 4.79 Å². The summed E-state index contributed by atoms with van der Waals surface area (Å²) in [6, 6.07) is 0. The normalized spacial score (nSPS) is 14.1. The third-order valence-electron chi connectivity index (χ3n) is 4.23. The van der Waals surface area contributed by atoms with E-state index in [2.05, 4.69) is 39.8 Å². The van der Waals surface area contributed by atoms with Gasteiger partial charge in [0.05, 0.1) is 0 Å². The van der Waals surface area contributed by atoms with Crippen LogP contribution in [-0.2, 0) is 4.79 Å². The molecule has 23 heavy (non-hydrogen) atoms. The lowest BCUT2D eigenvalue weighted by Gasteiger charge is -2.09. The van der Waals surface area contributed by atoms with Crippen LogP contribution in [0.2, 0.25) is 0 Å². The van der Waals surface area contributed by atoms with Crippen LogP contribution in [0.3, 0.4) is 0 Å². The second-order valence-electron chi connectivity index (χ2n) is 7.06. The fourth-order valence-electron chi connectivity index (χ4n) is 2.97. The van der Waals surface area contributed by atoms with Crippen LogP contribution in [0, 0.1) is 5.92 Å². The van der Waals surface area contributed by atoms with Crippen LogP contribution in [0.4, 0.5) is 0 Å². The van der Waals surface area contributed by atoms with Gasteiger partial charge >= 0.3 is 5.97 Å². The molecular formula is C21H38O2. The monoisotopic (exact) mass is 322 g/mol. The molecule has 0 unspecified atom stereocenters. The molecular weight excluding hydrogens is 284 g/mol. The molecule has 0 aliphatic carbocycles. The van der Waals surface area contributed by atoms with Crippen LogP contribution < -0.4 is 0 Å². The molecule has 0 aliphatic heterocycles. The van der Waals surface area contributed by atoms with E-state index in [0.29, 0.717) is 12.3 Å². The molecule has 0 aliphatic rings. The van der Waals surface area contributed by atoms with Crippen molar-refractivity contribution < 1.29 is 9.90 Å². The fourth-order valence-corrected chi connectivity index (χ4v) is 2.97. The van der Waals surface area contributed by atoms with Gasteiger partial charge in [-0.2, -0.15) is 0 Å². The maximum atomic E-state index is 10.4. The zero-order chi connectivity index (χ0) is 17.5. The van der Waals surface area contributed by atoms with Crippen molar-refractivity contribution in [1.82, 2.24) is 0 Å². The standard InChI is InChI=1S/C21H38O2/c1-5-6-10-13-18(2)16-20(4)17-19(3)14-11-8-7-9-12-15-21(22)23/h13,17,19H,5-12,14-16H2,1-4H3,(H,22,23)/b18-13-,20-17+/t19-/m1/s1. The second kappa shape index (κ2) is 14.5. The highest BCUT2D eigenvalue weighted by Crippen LogP contribution is 2.18. The Hall–Kier alpha value is -1.05. The van der Waals surface area contributed by atoms with Crippen molar-refractivity contribution in [1.29, 1.82) is 0 Å². The second-order valence-corrected chi connectivity index (χ2v) is 7.06. The molecule has 2 heteroatoms.